The maximum absolute atomic E-state index is 12.7. The fraction of sp³-hybridized carbons (Fsp3) is 0.0526. The number of carbonyl (C=O) groups excluding carboxylic acids is 2. The summed E-state index contributed by atoms with van der Waals surface area (Å²) in [4.78, 5) is 26.5. The van der Waals surface area contributed by atoms with Crippen LogP contribution in [0, 0.1) is 0 Å². The van der Waals surface area contributed by atoms with Crippen molar-refractivity contribution in [2.24, 2.45) is 0 Å². The van der Waals surface area contributed by atoms with Crippen LogP contribution in [0.25, 0.3) is 30.9 Å². The Hall–Kier alpha value is -2.72. The van der Waals surface area contributed by atoms with Gasteiger partial charge in [0.25, 0.3) is 11.8 Å². The fourth-order valence-corrected chi connectivity index (χ4v) is 4.77. The van der Waals surface area contributed by atoms with Gasteiger partial charge < -0.3 is 0 Å². The van der Waals surface area contributed by atoms with Crippen LogP contribution in [0.15, 0.2) is 48.5 Å². The van der Waals surface area contributed by atoms with E-state index in [2.05, 4.69) is 12.1 Å². The molecule has 0 bridgehead atoms. The van der Waals surface area contributed by atoms with Crippen molar-refractivity contribution in [3.05, 3.63) is 59.7 Å². The Labute approximate surface area is 135 Å². The molecule has 4 heteroatoms. The monoisotopic (exact) mass is 317 g/mol. The number of hydrogen-bond donors (Lipinski definition) is 0. The van der Waals surface area contributed by atoms with Crippen molar-refractivity contribution in [2.75, 3.05) is 7.05 Å². The molecule has 3 nitrogen and oxygen atoms in total. The van der Waals surface area contributed by atoms with E-state index in [9.17, 15) is 9.59 Å². The first-order valence-electron chi connectivity index (χ1n) is 7.37. The number of rotatable bonds is 0. The van der Waals surface area contributed by atoms with Gasteiger partial charge in [0.2, 0.25) is 0 Å². The van der Waals surface area contributed by atoms with Gasteiger partial charge in [-0.1, -0.05) is 42.5 Å². The Morgan fingerprint density at radius 1 is 0.783 bits per heavy atom. The predicted molar refractivity (Wildman–Crippen MR) is 93.3 cm³/mol. The lowest BCUT2D eigenvalue weighted by Crippen LogP contribution is -2.24. The minimum absolute atomic E-state index is 0.202. The van der Waals surface area contributed by atoms with Gasteiger partial charge in [-0.3, -0.25) is 14.5 Å². The van der Waals surface area contributed by atoms with E-state index < -0.39 is 0 Å². The average Bonchev–Trinajstić information content (AvgIpc) is 3.07. The van der Waals surface area contributed by atoms with Crippen molar-refractivity contribution in [1.82, 2.24) is 4.90 Å². The van der Waals surface area contributed by atoms with Crippen LogP contribution in [0.3, 0.4) is 0 Å². The van der Waals surface area contributed by atoms with Crippen molar-refractivity contribution in [3.63, 3.8) is 0 Å². The zero-order valence-electron chi connectivity index (χ0n) is 12.3. The number of benzene rings is 3. The molecule has 0 saturated heterocycles. The minimum Gasteiger partial charge on any atom is -0.277 e. The van der Waals surface area contributed by atoms with Gasteiger partial charge in [-0.05, 0) is 16.8 Å². The molecular weight excluding hydrogens is 306 g/mol. The lowest BCUT2D eigenvalue weighted by atomic mass is 9.96. The van der Waals surface area contributed by atoms with Gasteiger partial charge in [-0.2, -0.15) is 0 Å². The van der Waals surface area contributed by atoms with Gasteiger partial charge in [-0.15, -0.1) is 11.3 Å². The highest BCUT2D eigenvalue weighted by atomic mass is 32.1. The lowest BCUT2D eigenvalue weighted by Gasteiger charge is -2.05. The minimum atomic E-state index is -0.208. The molecule has 0 radical (unpaired) electrons. The second-order valence-corrected chi connectivity index (χ2v) is 6.82. The number of fused-ring (bicyclic) bond motifs is 8. The summed E-state index contributed by atoms with van der Waals surface area (Å²) in [5, 5.41) is 4.12. The second-order valence-electron chi connectivity index (χ2n) is 5.77. The zero-order valence-corrected chi connectivity index (χ0v) is 13.1. The fourth-order valence-electron chi connectivity index (χ4n) is 3.51. The summed E-state index contributed by atoms with van der Waals surface area (Å²) >= 11 is 1.59. The smallest absolute Gasteiger partial charge is 0.262 e. The maximum Gasteiger partial charge on any atom is 0.262 e. The molecular formula is C19H11NO2S. The van der Waals surface area contributed by atoms with Crippen LogP contribution in [0.2, 0.25) is 0 Å². The molecule has 0 unspecified atom stereocenters. The largest absolute Gasteiger partial charge is 0.277 e. The molecule has 4 aromatic rings. The molecule has 5 rings (SSSR count). The van der Waals surface area contributed by atoms with Crippen LogP contribution in [0.4, 0.5) is 0 Å². The normalized spacial score (nSPS) is 14.4. The van der Waals surface area contributed by atoms with Crippen LogP contribution < -0.4 is 0 Å². The Morgan fingerprint density at radius 3 is 2.17 bits per heavy atom. The van der Waals surface area contributed by atoms with E-state index >= 15 is 0 Å². The molecule has 1 aromatic heterocycles. The van der Waals surface area contributed by atoms with E-state index in [1.807, 2.05) is 36.4 Å². The average molecular weight is 317 g/mol. The molecule has 1 aliphatic rings. The van der Waals surface area contributed by atoms with Crippen molar-refractivity contribution >= 4 is 54.1 Å². The van der Waals surface area contributed by atoms with E-state index in [0.29, 0.717) is 11.1 Å². The van der Waals surface area contributed by atoms with E-state index in [4.69, 9.17) is 0 Å². The van der Waals surface area contributed by atoms with Gasteiger partial charge in [0.15, 0.2) is 0 Å². The first-order chi connectivity index (χ1) is 11.2. The molecule has 2 amide bonds. The van der Waals surface area contributed by atoms with E-state index in [1.165, 1.54) is 4.90 Å². The highest BCUT2D eigenvalue weighted by Gasteiger charge is 2.37. The third-order valence-electron chi connectivity index (χ3n) is 4.58. The van der Waals surface area contributed by atoms with Crippen LogP contribution >= 0.6 is 11.3 Å². The van der Waals surface area contributed by atoms with Crippen LogP contribution in [-0.4, -0.2) is 23.8 Å². The van der Waals surface area contributed by atoms with Crippen molar-refractivity contribution in [2.45, 2.75) is 0 Å². The Morgan fingerprint density at radius 2 is 1.39 bits per heavy atom. The van der Waals surface area contributed by atoms with E-state index in [0.717, 1.165) is 30.9 Å². The molecule has 110 valence electrons. The number of imide groups is 1. The highest BCUT2D eigenvalue weighted by Crippen LogP contribution is 2.44. The van der Waals surface area contributed by atoms with Crippen molar-refractivity contribution < 1.29 is 9.59 Å². The summed E-state index contributed by atoms with van der Waals surface area (Å²) in [6, 6.07) is 16.0. The Kier molecular flexibility index (Phi) is 2.32. The maximum atomic E-state index is 12.7. The van der Waals surface area contributed by atoms with E-state index in [1.54, 1.807) is 18.4 Å². The van der Waals surface area contributed by atoms with E-state index in [-0.39, 0.29) is 11.8 Å². The summed E-state index contributed by atoms with van der Waals surface area (Å²) in [7, 11) is 1.55. The molecule has 0 atom stereocenters. The number of amides is 2. The molecule has 0 aliphatic carbocycles. The standard InChI is InChI=1S/C19H11NO2S/c1-20-18(21)15-11-7-3-2-6-10(11)14-12-8-4-5-9-13(12)23-17(14)16(15)19(20)22/h2-9H,1H3. The van der Waals surface area contributed by atoms with Crippen LogP contribution in [-0.2, 0) is 0 Å². The van der Waals surface area contributed by atoms with Crippen LogP contribution in [0.1, 0.15) is 20.7 Å². The molecule has 0 spiro atoms. The molecule has 0 saturated carbocycles. The third-order valence-corrected chi connectivity index (χ3v) is 5.76. The van der Waals surface area contributed by atoms with Gasteiger partial charge >= 0.3 is 0 Å². The first-order valence-corrected chi connectivity index (χ1v) is 8.18. The van der Waals surface area contributed by atoms with Crippen molar-refractivity contribution in [1.29, 1.82) is 0 Å². The summed E-state index contributed by atoms with van der Waals surface area (Å²) in [6.07, 6.45) is 0. The van der Waals surface area contributed by atoms with Gasteiger partial charge in [0.05, 0.1) is 11.1 Å². The van der Waals surface area contributed by atoms with Crippen molar-refractivity contribution in [3.8, 4) is 0 Å². The van der Waals surface area contributed by atoms with Crippen LogP contribution in [0.5, 0.6) is 0 Å². The SMILES string of the molecule is CN1C(=O)c2c(c3sc4ccccc4c3c3ccccc23)C1=O. The Bertz CT molecular complexity index is 1170. The summed E-state index contributed by atoms with van der Waals surface area (Å²) in [5.74, 6) is -0.409. The molecule has 0 N–H and O–H groups in total. The molecule has 2 heterocycles. The van der Waals surface area contributed by atoms with Gasteiger partial charge in [0.1, 0.15) is 0 Å². The zero-order chi connectivity index (χ0) is 15.7. The summed E-state index contributed by atoms with van der Waals surface area (Å²) in [6.45, 7) is 0. The number of carbonyl (C=O) groups is 2. The first kappa shape index (κ1) is 12.8. The summed E-state index contributed by atoms with van der Waals surface area (Å²) in [5.41, 5.74) is 1.11. The second kappa shape index (κ2) is 4.18. The molecule has 0 fully saturated rings. The Balaban J connectivity index is 2.17. The number of hydrogen-bond acceptors (Lipinski definition) is 3. The predicted octanol–water partition coefficient (Wildman–Crippen LogP) is 4.43. The lowest BCUT2D eigenvalue weighted by molar-refractivity contribution is 0.0694. The topological polar surface area (TPSA) is 37.4 Å². The number of thiophene rings is 1. The summed E-state index contributed by atoms with van der Waals surface area (Å²) < 4.78 is 2.05. The van der Waals surface area contributed by atoms with Gasteiger partial charge in [0, 0.05) is 27.2 Å². The molecule has 1 aliphatic heterocycles. The quantitative estimate of drug-likeness (QED) is 0.450. The molecule has 23 heavy (non-hydrogen) atoms. The highest BCUT2D eigenvalue weighted by molar-refractivity contribution is 7.26. The number of nitrogens with zero attached hydrogens (tertiary/aromatic N) is 1. The molecule has 3 aromatic carbocycles. The third kappa shape index (κ3) is 1.44. The van der Waals surface area contributed by atoms with Gasteiger partial charge in [-0.25, -0.2) is 0 Å².